The van der Waals surface area contributed by atoms with Crippen LogP contribution in [0, 0.1) is 5.92 Å². The lowest BCUT2D eigenvalue weighted by atomic mass is 9.94. The van der Waals surface area contributed by atoms with Gasteiger partial charge < -0.3 is 19.4 Å². The first kappa shape index (κ1) is 25.4. The minimum atomic E-state index is -0.389. The Kier molecular flexibility index (Phi) is 8.27. The standard InChI is InChI=1S/C24H32N6O3S2/c1-5-32-21(31)17-11-26-22(27-12-17)30-8-6-16(7-9-30)10-28-23-29-14-20(35-23)34-15-19-25-13-18(33-19)24(2,3)4/h11-14,16H,5-10,15H2,1-4H3,(H,28,29). The number of hydrogen-bond acceptors (Lipinski definition) is 11. The molecule has 3 aromatic heterocycles. The Morgan fingerprint density at radius 1 is 1.17 bits per heavy atom. The van der Waals surface area contributed by atoms with Crippen LogP contribution in [0.4, 0.5) is 11.1 Å². The van der Waals surface area contributed by atoms with Gasteiger partial charge in [-0.15, -0.1) is 11.8 Å². The largest absolute Gasteiger partial charge is 0.462 e. The Bertz CT molecular complexity index is 1100. The highest BCUT2D eigenvalue weighted by Crippen LogP contribution is 2.32. The van der Waals surface area contributed by atoms with Crippen LogP contribution in [0.3, 0.4) is 0 Å². The predicted octanol–water partition coefficient (Wildman–Crippen LogP) is 5.02. The van der Waals surface area contributed by atoms with E-state index in [-0.39, 0.29) is 11.4 Å². The molecule has 0 radical (unpaired) electrons. The monoisotopic (exact) mass is 516 g/mol. The van der Waals surface area contributed by atoms with Gasteiger partial charge in [0.15, 0.2) is 5.13 Å². The molecule has 11 heteroatoms. The van der Waals surface area contributed by atoms with E-state index in [1.807, 2.05) is 12.4 Å². The van der Waals surface area contributed by atoms with Crippen molar-refractivity contribution >= 4 is 40.1 Å². The zero-order valence-electron chi connectivity index (χ0n) is 20.6. The molecule has 1 aliphatic rings. The Balaban J connectivity index is 1.19. The second-order valence-electron chi connectivity index (χ2n) is 9.44. The Labute approximate surface area is 214 Å². The van der Waals surface area contributed by atoms with Crippen LogP contribution in [0.15, 0.2) is 33.4 Å². The first-order valence-electron chi connectivity index (χ1n) is 11.8. The molecule has 1 aliphatic heterocycles. The van der Waals surface area contributed by atoms with Crippen LogP contribution >= 0.6 is 23.1 Å². The lowest BCUT2D eigenvalue weighted by Gasteiger charge is -2.32. The van der Waals surface area contributed by atoms with Crippen molar-refractivity contribution in [2.75, 3.05) is 36.5 Å². The lowest BCUT2D eigenvalue weighted by Crippen LogP contribution is -2.36. The number of ether oxygens (including phenoxy) is 1. The van der Waals surface area contributed by atoms with Crippen LogP contribution in [-0.2, 0) is 15.9 Å². The van der Waals surface area contributed by atoms with E-state index in [1.54, 1.807) is 30.0 Å². The minimum Gasteiger partial charge on any atom is -0.462 e. The number of aromatic nitrogens is 4. The molecule has 0 bridgehead atoms. The van der Waals surface area contributed by atoms with E-state index in [0.717, 1.165) is 53.5 Å². The molecule has 1 N–H and O–H groups in total. The van der Waals surface area contributed by atoms with Crippen molar-refractivity contribution in [2.24, 2.45) is 5.92 Å². The number of oxazole rings is 1. The second kappa shape index (κ2) is 11.4. The number of thiazole rings is 1. The first-order valence-corrected chi connectivity index (χ1v) is 13.6. The summed E-state index contributed by atoms with van der Waals surface area (Å²) in [7, 11) is 0. The SMILES string of the molecule is CCOC(=O)c1cnc(N2CCC(CNc3ncc(SCc4ncc(C(C)(C)C)o4)s3)CC2)nc1. The van der Waals surface area contributed by atoms with Crippen LogP contribution in [0.5, 0.6) is 0 Å². The molecule has 0 aliphatic carbocycles. The third-order valence-corrected chi connectivity index (χ3v) is 7.84. The molecule has 0 unspecified atom stereocenters. The maximum absolute atomic E-state index is 11.8. The number of anilines is 2. The number of carbonyl (C=O) groups excluding carboxylic acids is 1. The number of esters is 1. The molecule has 1 fully saturated rings. The number of piperidine rings is 1. The highest BCUT2D eigenvalue weighted by atomic mass is 32.2. The van der Waals surface area contributed by atoms with E-state index in [0.29, 0.717) is 29.8 Å². The van der Waals surface area contributed by atoms with Gasteiger partial charge in [-0.25, -0.2) is 24.7 Å². The van der Waals surface area contributed by atoms with Crippen molar-refractivity contribution in [3.05, 3.63) is 42.0 Å². The maximum Gasteiger partial charge on any atom is 0.341 e. The highest BCUT2D eigenvalue weighted by Gasteiger charge is 2.22. The number of carbonyl (C=O) groups is 1. The van der Waals surface area contributed by atoms with Gasteiger partial charge in [-0.2, -0.15) is 0 Å². The topological polar surface area (TPSA) is 106 Å². The van der Waals surface area contributed by atoms with Crippen molar-refractivity contribution in [3.63, 3.8) is 0 Å². The summed E-state index contributed by atoms with van der Waals surface area (Å²) in [4.78, 5) is 31.6. The van der Waals surface area contributed by atoms with Gasteiger partial charge in [0.2, 0.25) is 11.8 Å². The molecule has 188 valence electrons. The lowest BCUT2D eigenvalue weighted by molar-refractivity contribution is 0.0525. The predicted molar refractivity (Wildman–Crippen MR) is 138 cm³/mol. The van der Waals surface area contributed by atoms with E-state index in [2.05, 4.69) is 50.9 Å². The fourth-order valence-electron chi connectivity index (χ4n) is 3.64. The smallest absolute Gasteiger partial charge is 0.341 e. The third kappa shape index (κ3) is 6.94. The summed E-state index contributed by atoms with van der Waals surface area (Å²) in [5.41, 5.74) is 0.348. The Morgan fingerprint density at radius 3 is 2.57 bits per heavy atom. The zero-order chi connectivity index (χ0) is 24.8. The molecule has 9 nitrogen and oxygen atoms in total. The highest BCUT2D eigenvalue weighted by molar-refractivity contribution is 8.00. The van der Waals surface area contributed by atoms with Gasteiger partial charge >= 0.3 is 5.97 Å². The summed E-state index contributed by atoms with van der Waals surface area (Å²) in [6, 6.07) is 0. The number of nitrogens with zero attached hydrogens (tertiary/aromatic N) is 5. The number of nitrogens with one attached hydrogen (secondary N) is 1. The minimum absolute atomic E-state index is 0.0323. The van der Waals surface area contributed by atoms with Gasteiger partial charge in [0, 0.05) is 37.4 Å². The molecule has 3 aromatic rings. The second-order valence-corrected chi connectivity index (χ2v) is 11.8. The van der Waals surface area contributed by atoms with E-state index < -0.39 is 0 Å². The zero-order valence-corrected chi connectivity index (χ0v) is 22.2. The summed E-state index contributed by atoms with van der Waals surface area (Å²) >= 11 is 3.35. The molecule has 0 saturated carbocycles. The van der Waals surface area contributed by atoms with Crippen LogP contribution < -0.4 is 10.2 Å². The van der Waals surface area contributed by atoms with Gasteiger partial charge in [-0.3, -0.25) is 0 Å². The van der Waals surface area contributed by atoms with Crippen molar-refractivity contribution in [1.29, 1.82) is 0 Å². The van der Waals surface area contributed by atoms with Crippen LogP contribution in [0.1, 0.15) is 62.5 Å². The van der Waals surface area contributed by atoms with E-state index >= 15 is 0 Å². The molecule has 0 spiro atoms. The van der Waals surface area contributed by atoms with Gasteiger partial charge in [0.1, 0.15) is 5.76 Å². The Hall–Kier alpha value is -2.66. The van der Waals surface area contributed by atoms with Crippen LogP contribution in [0.2, 0.25) is 0 Å². The summed E-state index contributed by atoms with van der Waals surface area (Å²) in [6.07, 6.45) is 8.90. The van der Waals surface area contributed by atoms with Crippen LogP contribution in [0.25, 0.3) is 0 Å². The molecule has 1 saturated heterocycles. The average Bonchev–Trinajstić information content (AvgIpc) is 3.52. The molecule has 0 amide bonds. The van der Waals surface area contributed by atoms with Gasteiger partial charge in [-0.1, -0.05) is 32.1 Å². The summed E-state index contributed by atoms with van der Waals surface area (Å²) < 4.78 is 12.0. The molecule has 0 aromatic carbocycles. The molecular weight excluding hydrogens is 484 g/mol. The van der Waals surface area contributed by atoms with E-state index in [4.69, 9.17) is 9.15 Å². The quantitative estimate of drug-likeness (QED) is 0.308. The fourth-order valence-corrected chi connectivity index (χ4v) is 5.37. The number of thioether (sulfide) groups is 1. The van der Waals surface area contributed by atoms with E-state index in [1.165, 1.54) is 12.4 Å². The fraction of sp³-hybridized carbons (Fsp3) is 0.542. The van der Waals surface area contributed by atoms with Gasteiger partial charge in [0.05, 0.1) is 34.5 Å². The van der Waals surface area contributed by atoms with Crippen LogP contribution in [-0.4, -0.2) is 52.1 Å². The normalized spacial score (nSPS) is 14.8. The first-order chi connectivity index (χ1) is 16.8. The number of hydrogen-bond donors (Lipinski definition) is 1. The summed E-state index contributed by atoms with van der Waals surface area (Å²) in [6.45, 7) is 11.1. The van der Waals surface area contributed by atoms with Crippen molar-refractivity contribution in [3.8, 4) is 0 Å². The van der Waals surface area contributed by atoms with Gasteiger partial charge in [-0.05, 0) is 25.7 Å². The maximum atomic E-state index is 11.8. The molecule has 4 rings (SSSR count). The molecule has 0 atom stereocenters. The van der Waals surface area contributed by atoms with Crippen molar-refractivity contribution in [2.45, 2.75) is 55.9 Å². The molecular formula is C24H32N6O3S2. The van der Waals surface area contributed by atoms with Crippen molar-refractivity contribution in [1.82, 2.24) is 19.9 Å². The average molecular weight is 517 g/mol. The number of rotatable bonds is 9. The summed E-state index contributed by atoms with van der Waals surface area (Å²) in [5, 5.41) is 4.44. The third-order valence-electron chi connectivity index (χ3n) is 5.70. The molecule has 4 heterocycles. The van der Waals surface area contributed by atoms with E-state index in [9.17, 15) is 4.79 Å². The Morgan fingerprint density at radius 2 is 1.91 bits per heavy atom. The van der Waals surface area contributed by atoms with Crippen molar-refractivity contribution < 1.29 is 13.9 Å². The molecule has 35 heavy (non-hydrogen) atoms. The summed E-state index contributed by atoms with van der Waals surface area (Å²) in [5.74, 6) is 3.18. The van der Waals surface area contributed by atoms with Gasteiger partial charge in [0.25, 0.3) is 0 Å².